The van der Waals surface area contributed by atoms with E-state index >= 15 is 0 Å². The first-order valence-electron chi connectivity index (χ1n) is 5.00. The number of carboxylic acid groups (broad SMARTS) is 1. The van der Waals surface area contributed by atoms with Gasteiger partial charge in [-0.25, -0.2) is 0 Å². The fourth-order valence-corrected chi connectivity index (χ4v) is 2.00. The summed E-state index contributed by atoms with van der Waals surface area (Å²) in [7, 11) is 0. The van der Waals surface area contributed by atoms with Crippen LogP contribution < -0.4 is 5.32 Å². The first kappa shape index (κ1) is 12.1. The van der Waals surface area contributed by atoms with E-state index in [0.717, 1.165) is 4.88 Å². The summed E-state index contributed by atoms with van der Waals surface area (Å²) in [5.41, 5.74) is 0.946. The summed E-state index contributed by atoms with van der Waals surface area (Å²) in [5, 5.41) is 12.3. The number of hydrogen-bond donors (Lipinski definition) is 2. The second-order valence-corrected chi connectivity index (χ2v) is 4.39. The lowest BCUT2D eigenvalue weighted by atomic mass is 9.93. The van der Waals surface area contributed by atoms with Crippen molar-refractivity contribution in [2.75, 3.05) is 0 Å². The van der Waals surface area contributed by atoms with Crippen LogP contribution in [0, 0.1) is 0 Å². The Bertz CT molecular complexity index is 307. The van der Waals surface area contributed by atoms with Crippen LogP contribution in [0.25, 0.3) is 0 Å². The van der Waals surface area contributed by atoms with Crippen LogP contribution in [-0.4, -0.2) is 21.6 Å². The molecule has 0 unspecified atom stereocenters. The molecule has 0 saturated carbocycles. The molecule has 0 aliphatic carbocycles. The average Bonchev–Trinajstić information content (AvgIpc) is 2.72. The first-order valence-corrected chi connectivity index (χ1v) is 5.88. The van der Waals surface area contributed by atoms with Crippen LogP contribution in [0.4, 0.5) is 0 Å². The van der Waals surface area contributed by atoms with Gasteiger partial charge in [-0.3, -0.25) is 15.1 Å². The van der Waals surface area contributed by atoms with Crippen LogP contribution in [0.1, 0.15) is 31.6 Å². The van der Waals surface area contributed by atoms with Crippen molar-refractivity contribution in [1.29, 1.82) is 0 Å². The van der Waals surface area contributed by atoms with Gasteiger partial charge in [0.2, 0.25) is 0 Å². The van der Waals surface area contributed by atoms with Crippen molar-refractivity contribution < 1.29 is 9.90 Å². The summed E-state index contributed by atoms with van der Waals surface area (Å²) in [6.07, 6.45) is 2.92. The number of thiazole rings is 1. The predicted molar refractivity (Wildman–Crippen MR) is 59.9 cm³/mol. The van der Waals surface area contributed by atoms with Crippen LogP contribution in [0.3, 0.4) is 0 Å². The highest BCUT2D eigenvalue weighted by Gasteiger charge is 2.33. The molecule has 5 heteroatoms. The molecule has 15 heavy (non-hydrogen) atoms. The van der Waals surface area contributed by atoms with Gasteiger partial charge in [-0.15, -0.1) is 11.3 Å². The van der Waals surface area contributed by atoms with E-state index in [1.165, 1.54) is 11.3 Å². The molecule has 1 aromatic rings. The third-order valence-corrected chi connectivity index (χ3v) is 3.48. The van der Waals surface area contributed by atoms with Crippen LogP contribution in [0.2, 0.25) is 0 Å². The van der Waals surface area contributed by atoms with E-state index in [2.05, 4.69) is 10.3 Å². The number of nitrogens with one attached hydrogen (secondary N) is 1. The molecule has 0 radical (unpaired) electrons. The molecule has 0 spiro atoms. The van der Waals surface area contributed by atoms with Gasteiger partial charge in [-0.05, 0) is 12.8 Å². The Morgan fingerprint density at radius 1 is 1.60 bits per heavy atom. The van der Waals surface area contributed by atoms with Crippen molar-refractivity contribution in [3.8, 4) is 0 Å². The van der Waals surface area contributed by atoms with E-state index in [1.807, 2.05) is 13.8 Å². The molecule has 0 aliphatic heterocycles. The highest BCUT2D eigenvalue weighted by molar-refractivity contribution is 7.09. The Morgan fingerprint density at radius 3 is 2.67 bits per heavy atom. The normalized spacial score (nSPS) is 11.6. The zero-order valence-corrected chi connectivity index (χ0v) is 9.80. The van der Waals surface area contributed by atoms with E-state index < -0.39 is 11.5 Å². The molecule has 0 bridgehead atoms. The smallest absolute Gasteiger partial charge is 0.323 e. The highest BCUT2D eigenvalue weighted by Crippen LogP contribution is 2.17. The largest absolute Gasteiger partial charge is 0.480 e. The molecule has 0 atom stereocenters. The molecule has 2 N–H and O–H groups in total. The monoisotopic (exact) mass is 228 g/mol. The minimum Gasteiger partial charge on any atom is -0.480 e. The second kappa shape index (κ2) is 5.23. The standard InChI is InChI=1S/C10H16N2O2S/c1-3-10(4-2,9(13)14)12-6-8-5-11-7-15-8/h5,7,12H,3-4,6H2,1-2H3,(H,13,14). The Morgan fingerprint density at radius 2 is 2.27 bits per heavy atom. The molecule has 0 saturated heterocycles. The van der Waals surface area contributed by atoms with E-state index in [-0.39, 0.29) is 0 Å². The molecule has 0 fully saturated rings. The highest BCUT2D eigenvalue weighted by atomic mass is 32.1. The van der Waals surface area contributed by atoms with Gasteiger partial charge in [0.15, 0.2) is 0 Å². The van der Waals surface area contributed by atoms with Gasteiger partial charge >= 0.3 is 5.97 Å². The zero-order valence-electron chi connectivity index (χ0n) is 8.99. The molecule has 84 valence electrons. The molecule has 0 aliphatic rings. The molecule has 0 aromatic carbocycles. The second-order valence-electron chi connectivity index (χ2n) is 3.42. The minimum atomic E-state index is -0.802. The van der Waals surface area contributed by atoms with Gasteiger partial charge in [0, 0.05) is 17.6 Å². The molecule has 1 heterocycles. The van der Waals surface area contributed by atoms with Crippen molar-refractivity contribution in [2.24, 2.45) is 0 Å². The minimum absolute atomic E-state index is 0.568. The fraction of sp³-hybridized carbons (Fsp3) is 0.600. The molecule has 1 aromatic heterocycles. The van der Waals surface area contributed by atoms with Crippen LogP contribution in [0.15, 0.2) is 11.7 Å². The number of aromatic nitrogens is 1. The molecular weight excluding hydrogens is 212 g/mol. The Balaban J connectivity index is 2.63. The maximum atomic E-state index is 11.2. The number of aliphatic carboxylic acids is 1. The summed E-state index contributed by atoms with van der Waals surface area (Å²) in [6.45, 7) is 4.34. The number of carboxylic acids is 1. The Hall–Kier alpha value is -0.940. The maximum absolute atomic E-state index is 11.2. The number of rotatable bonds is 6. The summed E-state index contributed by atoms with van der Waals surface area (Å²) >= 11 is 1.53. The van der Waals surface area contributed by atoms with Gasteiger partial charge in [-0.2, -0.15) is 0 Å². The lowest BCUT2D eigenvalue weighted by Gasteiger charge is -2.27. The summed E-state index contributed by atoms with van der Waals surface area (Å²) in [6, 6.07) is 0. The van der Waals surface area contributed by atoms with Crippen LogP contribution >= 0.6 is 11.3 Å². The zero-order chi connectivity index (χ0) is 11.3. The number of hydrogen-bond acceptors (Lipinski definition) is 4. The first-order chi connectivity index (χ1) is 7.14. The Labute approximate surface area is 93.4 Å². The lowest BCUT2D eigenvalue weighted by Crippen LogP contribution is -2.50. The quantitative estimate of drug-likeness (QED) is 0.780. The molecule has 1 rings (SSSR count). The van der Waals surface area contributed by atoms with E-state index in [9.17, 15) is 9.90 Å². The van der Waals surface area contributed by atoms with Crippen molar-refractivity contribution in [1.82, 2.24) is 10.3 Å². The van der Waals surface area contributed by atoms with Crippen molar-refractivity contribution in [2.45, 2.75) is 38.8 Å². The molecule has 4 nitrogen and oxygen atoms in total. The van der Waals surface area contributed by atoms with Crippen LogP contribution in [-0.2, 0) is 11.3 Å². The van der Waals surface area contributed by atoms with Gasteiger partial charge < -0.3 is 5.11 Å². The average molecular weight is 228 g/mol. The topological polar surface area (TPSA) is 62.2 Å². The number of carbonyl (C=O) groups is 1. The predicted octanol–water partition coefficient (Wildman–Crippen LogP) is 1.88. The molecular formula is C10H16N2O2S. The van der Waals surface area contributed by atoms with E-state index in [1.54, 1.807) is 11.7 Å². The van der Waals surface area contributed by atoms with Crippen LogP contribution in [0.5, 0.6) is 0 Å². The van der Waals surface area contributed by atoms with Crippen molar-refractivity contribution in [3.63, 3.8) is 0 Å². The van der Waals surface area contributed by atoms with E-state index in [4.69, 9.17) is 0 Å². The summed E-state index contributed by atoms with van der Waals surface area (Å²) in [5.74, 6) is -0.781. The van der Waals surface area contributed by atoms with Gasteiger partial charge in [0.25, 0.3) is 0 Å². The maximum Gasteiger partial charge on any atom is 0.323 e. The summed E-state index contributed by atoms with van der Waals surface area (Å²) < 4.78 is 0. The lowest BCUT2D eigenvalue weighted by molar-refractivity contribution is -0.145. The Kier molecular flexibility index (Phi) is 4.23. The summed E-state index contributed by atoms with van der Waals surface area (Å²) in [4.78, 5) is 16.2. The molecule has 0 amide bonds. The van der Waals surface area contributed by atoms with E-state index in [0.29, 0.717) is 19.4 Å². The third-order valence-electron chi connectivity index (χ3n) is 2.70. The number of nitrogens with zero attached hydrogens (tertiary/aromatic N) is 1. The van der Waals surface area contributed by atoms with Gasteiger partial charge in [-0.1, -0.05) is 13.8 Å². The van der Waals surface area contributed by atoms with Gasteiger partial charge in [0.1, 0.15) is 5.54 Å². The SMILES string of the molecule is CCC(CC)(NCc1cncs1)C(=O)O. The third kappa shape index (κ3) is 2.76. The van der Waals surface area contributed by atoms with Crippen molar-refractivity contribution in [3.05, 3.63) is 16.6 Å². The van der Waals surface area contributed by atoms with Crippen molar-refractivity contribution >= 4 is 17.3 Å². The fourth-order valence-electron chi connectivity index (χ4n) is 1.46. The van der Waals surface area contributed by atoms with Gasteiger partial charge in [0.05, 0.1) is 5.51 Å².